The van der Waals surface area contributed by atoms with Gasteiger partial charge in [-0.1, -0.05) is 38.5 Å². The van der Waals surface area contributed by atoms with Crippen LogP contribution >= 0.6 is 0 Å². The highest BCUT2D eigenvalue weighted by atomic mass is 16.3. The number of carbonyl (C=O) groups excluding carboxylic acids is 2. The number of amides is 1. The number of likely N-dealkylation sites (tertiary alicyclic amines) is 1. The average Bonchev–Trinajstić information content (AvgIpc) is 2.87. The molecular formula is C17H31NO3. The van der Waals surface area contributed by atoms with E-state index in [1.807, 2.05) is 0 Å². The summed E-state index contributed by atoms with van der Waals surface area (Å²) in [5, 5.41) is 9.40. The Morgan fingerprint density at radius 3 is 1.95 bits per heavy atom. The Morgan fingerprint density at radius 2 is 1.48 bits per heavy atom. The first-order chi connectivity index (χ1) is 10.1. The molecule has 0 saturated carbocycles. The first kappa shape index (κ1) is 18.1. The molecule has 1 aliphatic rings. The molecule has 1 heterocycles. The molecule has 21 heavy (non-hydrogen) atoms. The Labute approximate surface area is 128 Å². The number of hydrogen-bond acceptors (Lipinski definition) is 3. The maximum atomic E-state index is 11.8. The molecule has 0 aromatic heterocycles. The second-order valence-electron chi connectivity index (χ2n) is 6.31. The summed E-state index contributed by atoms with van der Waals surface area (Å²) in [7, 11) is 0. The van der Waals surface area contributed by atoms with E-state index in [4.69, 9.17) is 0 Å². The number of Topliss-reactive ketones (excluding diaryl/α,β-unsaturated/α-hetero) is 1. The number of rotatable bonds is 11. The number of β-amino-alcohol motifs (C(OH)–C–C–N with tert-alkyl or cyclic N) is 1. The predicted octanol–water partition coefficient (Wildman–Crippen LogP) is 3.07. The van der Waals surface area contributed by atoms with Crippen molar-refractivity contribution in [2.24, 2.45) is 0 Å². The molecule has 1 amide bonds. The van der Waals surface area contributed by atoms with Crippen LogP contribution in [0, 0.1) is 0 Å². The van der Waals surface area contributed by atoms with Crippen LogP contribution in [0.3, 0.4) is 0 Å². The van der Waals surface area contributed by atoms with Crippen molar-refractivity contribution in [3.8, 4) is 0 Å². The van der Waals surface area contributed by atoms with Gasteiger partial charge in [0.1, 0.15) is 5.78 Å². The topological polar surface area (TPSA) is 57.6 Å². The lowest BCUT2D eigenvalue weighted by atomic mass is 10.1. The number of aliphatic hydroxyl groups is 1. The van der Waals surface area contributed by atoms with Crippen molar-refractivity contribution in [1.82, 2.24) is 4.90 Å². The summed E-state index contributed by atoms with van der Waals surface area (Å²) in [6.07, 6.45) is 11.0. The zero-order chi connectivity index (χ0) is 15.5. The highest BCUT2D eigenvalue weighted by Crippen LogP contribution is 2.14. The van der Waals surface area contributed by atoms with Crippen LogP contribution in [0.15, 0.2) is 0 Å². The molecule has 1 unspecified atom stereocenters. The average molecular weight is 297 g/mol. The molecule has 0 radical (unpaired) electrons. The first-order valence-electron chi connectivity index (χ1n) is 8.55. The smallest absolute Gasteiger partial charge is 0.222 e. The van der Waals surface area contributed by atoms with Crippen LogP contribution in [0.25, 0.3) is 0 Å². The Balaban J connectivity index is 1.84. The van der Waals surface area contributed by atoms with E-state index in [1.165, 1.54) is 25.7 Å². The Bertz CT molecular complexity index is 317. The van der Waals surface area contributed by atoms with Crippen molar-refractivity contribution in [3.05, 3.63) is 0 Å². The van der Waals surface area contributed by atoms with E-state index in [2.05, 4.69) is 0 Å². The van der Waals surface area contributed by atoms with E-state index >= 15 is 0 Å². The van der Waals surface area contributed by atoms with E-state index in [1.54, 1.807) is 11.8 Å². The van der Waals surface area contributed by atoms with Crippen LogP contribution in [0.1, 0.15) is 77.6 Å². The summed E-state index contributed by atoms with van der Waals surface area (Å²) in [6, 6.07) is 0. The third-order valence-electron chi connectivity index (χ3n) is 4.19. The van der Waals surface area contributed by atoms with Gasteiger partial charge >= 0.3 is 0 Å². The molecule has 1 rings (SSSR count). The Morgan fingerprint density at radius 1 is 0.952 bits per heavy atom. The lowest BCUT2D eigenvalue weighted by molar-refractivity contribution is -0.130. The fourth-order valence-corrected chi connectivity index (χ4v) is 2.84. The van der Waals surface area contributed by atoms with Gasteiger partial charge < -0.3 is 14.8 Å². The molecule has 1 aliphatic heterocycles. The largest absolute Gasteiger partial charge is 0.391 e. The van der Waals surface area contributed by atoms with Crippen LogP contribution in [-0.4, -0.2) is 40.9 Å². The van der Waals surface area contributed by atoms with Gasteiger partial charge in [0.15, 0.2) is 0 Å². The zero-order valence-corrected chi connectivity index (χ0v) is 13.5. The molecule has 1 atom stereocenters. The number of unbranched alkanes of at least 4 members (excludes halogenated alkanes) is 7. The van der Waals surface area contributed by atoms with Gasteiger partial charge in [0.2, 0.25) is 5.91 Å². The van der Waals surface area contributed by atoms with Gasteiger partial charge in [-0.15, -0.1) is 0 Å². The Kier molecular flexibility index (Phi) is 9.31. The van der Waals surface area contributed by atoms with Gasteiger partial charge in [-0.3, -0.25) is 4.79 Å². The molecule has 0 aromatic rings. The van der Waals surface area contributed by atoms with Gasteiger partial charge in [-0.25, -0.2) is 0 Å². The number of aliphatic hydroxyl groups excluding tert-OH is 1. The summed E-state index contributed by atoms with van der Waals surface area (Å²) < 4.78 is 0. The number of hydrogen-bond donors (Lipinski definition) is 1. The molecule has 4 nitrogen and oxygen atoms in total. The predicted molar refractivity (Wildman–Crippen MR) is 84.1 cm³/mol. The monoisotopic (exact) mass is 297 g/mol. The quantitative estimate of drug-likeness (QED) is 0.596. The summed E-state index contributed by atoms with van der Waals surface area (Å²) in [6.45, 7) is 2.91. The third-order valence-corrected chi connectivity index (χ3v) is 4.19. The van der Waals surface area contributed by atoms with Crippen LogP contribution in [0.5, 0.6) is 0 Å². The van der Waals surface area contributed by atoms with Gasteiger partial charge in [0.05, 0.1) is 6.10 Å². The fourth-order valence-electron chi connectivity index (χ4n) is 2.84. The highest BCUT2D eigenvalue weighted by molar-refractivity contribution is 5.76. The van der Waals surface area contributed by atoms with Crippen molar-refractivity contribution in [2.75, 3.05) is 13.1 Å². The van der Waals surface area contributed by atoms with E-state index in [9.17, 15) is 14.7 Å². The zero-order valence-electron chi connectivity index (χ0n) is 13.5. The third kappa shape index (κ3) is 8.86. The van der Waals surface area contributed by atoms with Crippen molar-refractivity contribution in [3.63, 3.8) is 0 Å². The minimum absolute atomic E-state index is 0.204. The normalized spacial score (nSPS) is 18.2. The summed E-state index contributed by atoms with van der Waals surface area (Å²) >= 11 is 0. The Hall–Kier alpha value is -0.900. The van der Waals surface area contributed by atoms with Crippen LogP contribution < -0.4 is 0 Å². The maximum absolute atomic E-state index is 11.8. The number of nitrogens with zero attached hydrogens (tertiary/aromatic N) is 1. The van der Waals surface area contributed by atoms with E-state index in [-0.39, 0.29) is 12.0 Å². The van der Waals surface area contributed by atoms with Crippen LogP contribution in [0.2, 0.25) is 0 Å². The van der Waals surface area contributed by atoms with Gasteiger partial charge in [-0.2, -0.15) is 0 Å². The number of carbonyl (C=O) groups is 2. The van der Waals surface area contributed by atoms with E-state index < -0.39 is 0 Å². The molecule has 4 heteroatoms. The second kappa shape index (κ2) is 10.8. The van der Waals surface area contributed by atoms with Crippen molar-refractivity contribution >= 4 is 11.7 Å². The van der Waals surface area contributed by atoms with E-state index in [0.717, 1.165) is 45.1 Å². The number of ketones is 1. The summed E-state index contributed by atoms with van der Waals surface area (Å²) in [4.78, 5) is 24.4. The summed E-state index contributed by atoms with van der Waals surface area (Å²) in [5.41, 5.74) is 0. The molecule has 0 aliphatic carbocycles. The van der Waals surface area contributed by atoms with Crippen molar-refractivity contribution in [1.29, 1.82) is 0 Å². The molecule has 0 bridgehead atoms. The molecule has 122 valence electrons. The lowest BCUT2D eigenvalue weighted by Gasteiger charge is -2.15. The standard InChI is InChI=1S/C17H31NO3/c1-15(19)10-8-6-4-2-3-5-7-9-11-17(21)18-13-12-16(20)14-18/h16,20H,2-14H2,1H3. The van der Waals surface area contributed by atoms with Gasteiger partial charge in [0, 0.05) is 25.9 Å². The fraction of sp³-hybridized carbons (Fsp3) is 0.882. The molecule has 1 N–H and O–H groups in total. The molecule has 1 fully saturated rings. The second-order valence-corrected chi connectivity index (χ2v) is 6.31. The van der Waals surface area contributed by atoms with Crippen molar-refractivity contribution < 1.29 is 14.7 Å². The van der Waals surface area contributed by atoms with Gasteiger partial charge in [0.25, 0.3) is 0 Å². The minimum Gasteiger partial charge on any atom is -0.391 e. The maximum Gasteiger partial charge on any atom is 0.222 e. The van der Waals surface area contributed by atoms with Crippen LogP contribution in [0.4, 0.5) is 0 Å². The van der Waals surface area contributed by atoms with Crippen LogP contribution in [-0.2, 0) is 9.59 Å². The lowest BCUT2D eigenvalue weighted by Crippen LogP contribution is -2.29. The SMILES string of the molecule is CC(=O)CCCCCCCCCCC(=O)N1CCC(O)C1. The minimum atomic E-state index is -0.308. The van der Waals surface area contributed by atoms with Gasteiger partial charge in [-0.05, 0) is 26.2 Å². The summed E-state index contributed by atoms with van der Waals surface area (Å²) in [5.74, 6) is 0.501. The first-order valence-corrected chi connectivity index (χ1v) is 8.55. The van der Waals surface area contributed by atoms with Crippen molar-refractivity contribution in [2.45, 2.75) is 83.7 Å². The molecular weight excluding hydrogens is 266 g/mol. The molecule has 0 aromatic carbocycles. The van der Waals surface area contributed by atoms with E-state index in [0.29, 0.717) is 18.7 Å². The highest BCUT2D eigenvalue weighted by Gasteiger charge is 2.23. The molecule has 1 saturated heterocycles. The molecule has 0 spiro atoms.